The molecular weight excluding hydrogens is 212 g/mol. The minimum absolute atomic E-state index is 0.169. The molecule has 86 valence electrons. The van der Waals surface area contributed by atoms with Gasteiger partial charge in [-0.15, -0.1) is 0 Å². The molecular formula is C9H18N4OS. The third-order valence-electron chi connectivity index (χ3n) is 2.79. The van der Waals surface area contributed by atoms with Crippen molar-refractivity contribution in [2.45, 2.75) is 32.9 Å². The molecule has 0 amide bonds. The van der Waals surface area contributed by atoms with Crippen molar-refractivity contribution in [2.75, 3.05) is 13.6 Å². The third-order valence-corrected chi connectivity index (χ3v) is 3.11. The first-order valence-corrected chi connectivity index (χ1v) is 5.54. The zero-order chi connectivity index (χ0) is 11.4. The van der Waals surface area contributed by atoms with Crippen molar-refractivity contribution in [3.63, 3.8) is 0 Å². The van der Waals surface area contributed by atoms with Gasteiger partial charge < -0.3 is 4.90 Å². The predicted molar refractivity (Wildman–Crippen MR) is 62.6 cm³/mol. The topological polar surface area (TPSA) is 56.8 Å². The van der Waals surface area contributed by atoms with E-state index in [-0.39, 0.29) is 5.69 Å². The summed E-state index contributed by atoms with van der Waals surface area (Å²) in [5.74, 6) is 0. The Morgan fingerprint density at radius 1 is 1.53 bits per heavy atom. The Balaban J connectivity index is 2.58. The highest BCUT2D eigenvalue weighted by Gasteiger charge is 2.07. The fourth-order valence-electron chi connectivity index (χ4n) is 1.33. The molecule has 1 heterocycles. The molecule has 1 atom stereocenters. The van der Waals surface area contributed by atoms with E-state index in [0.717, 1.165) is 13.0 Å². The van der Waals surface area contributed by atoms with Crippen molar-refractivity contribution in [1.82, 2.24) is 19.7 Å². The highest BCUT2D eigenvalue weighted by atomic mass is 32.1. The van der Waals surface area contributed by atoms with Gasteiger partial charge >= 0.3 is 5.69 Å². The SMILES string of the molecule is CCC(C)N(C)CCn1c(=O)[nH][nH]c1=S. The molecule has 6 heteroatoms. The average molecular weight is 230 g/mol. The van der Waals surface area contributed by atoms with Crippen LogP contribution in [0.4, 0.5) is 0 Å². The van der Waals surface area contributed by atoms with E-state index in [4.69, 9.17) is 12.2 Å². The van der Waals surface area contributed by atoms with Crippen LogP contribution >= 0.6 is 12.2 Å². The number of aromatic amines is 2. The quantitative estimate of drug-likeness (QED) is 0.741. The summed E-state index contributed by atoms with van der Waals surface area (Å²) >= 11 is 4.98. The minimum Gasteiger partial charge on any atom is -0.302 e. The lowest BCUT2D eigenvalue weighted by Gasteiger charge is -2.23. The minimum atomic E-state index is -0.169. The summed E-state index contributed by atoms with van der Waals surface area (Å²) in [6.45, 7) is 5.76. The van der Waals surface area contributed by atoms with Gasteiger partial charge in [-0.25, -0.2) is 9.89 Å². The molecule has 1 rings (SSSR count). The van der Waals surface area contributed by atoms with Crippen LogP contribution in [0, 0.1) is 4.77 Å². The second kappa shape index (κ2) is 5.27. The lowest BCUT2D eigenvalue weighted by atomic mass is 10.2. The van der Waals surface area contributed by atoms with Gasteiger partial charge in [0.1, 0.15) is 0 Å². The number of H-pyrrole nitrogens is 2. The number of hydrogen-bond acceptors (Lipinski definition) is 3. The van der Waals surface area contributed by atoms with Gasteiger partial charge in [-0.2, -0.15) is 0 Å². The van der Waals surface area contributed by atoms with Gasteiger partial charge in [0.25, 0.3) is 0 Å². The Bertz CT molecular complexity index is 377. The Morgan fingerprint density at radius 2 is 2.20 bits per heavy atom. The summed E-state index contributed by atoms with van der Waals surface area (Å²) in [5.41, 5.74) is -0.169. The molecule has 15 heavy (non-hydrogen) atoms. The van der Waals surface area contributed by atoms with Crippen molar-refractivity contribution in [3.8, 4) is 0 Å². The van der Waals surface area contributed by atoms with E-state index in [1.807, 2.05) is 0 Å². The van der Waals surface area contributed by atoms with Crippen molar-refractivity contribution >= 4 is 12.2 Å². The van der Waals surface area contributed by atoms with Crippen LogP contribution in [0.15, 0.2) is 4.79 Å². The molecule has 0 saturated carbocycles. The molecule has 0 aliphatic rings. The average Bonchev–Trinajstić information content (AvgIpc) is 2.54. The smallest absolute Gasteiger partial charge is 0.302 e. The van der Waals surface area contributed by atoms with E-state index < -0.39 is 0 Å². The van der Waals surface area contributed by atoms with Crippen LogP contribution in [-0.4, -0.2) is 39.3 Å². The Morgan fingerprint density at radius 3 is 2.67 bits per heavy atom. The standard InChI is InChI=1S/C9H18N4OS/c1-4-7(2)12(3)5-6-13-8(14)10-11-9(13)15/h7H,4-6H2,1-3H3,(H,10,14)(H,11,15). The lowest BCUT2D eigenvalue weighted by Crippen LogP contribution is -2.33. The van der Waals surface area contributed by atoms with Gasteiger partial charge in [-0.3, -0.25) is 9.67 Å². The van der Waals surface area contributed by atoms with Crippen LogP contribution in [0.25, 0.3) is 0 Å². The fraction of sp³-hybridized carbons (Fsp3) is 0.778. The van der Waals surface area contributed by atoms with Crippen LogP contribution in [0.5, 0.6) is 0 Å². The zero-order valence-corrected chi connectivity index (χ0v) is 10.2. The van der Waals surface area contributed by atoms with Crippen molar-refractivity contribution < 1.29 is 0 Å². The Kier molecular flexibility index (Phi) is 4.28. The second-order valence-electron chi connectivity index (χ2n) is 3.75. The number of nitrogens with one attached hydrogen (secondary N) is 2. The molecule has 0 aliphatic heterocycles. The highest BCUT2D eigenvalue weighted by molar-refractivity contribution is 7.71. The number of hydrogen-bond donors (Lipinski definition) is 2. The van der Waals surface area contributed by atoms with E-state index in [1.165, 1.54) is 4.57 Å². The third kappa shape index (κ3) is 3.04. The molecule has 0 radical (unpaired) electrons. The lowest BCUT2D eigenvalue weighted by molar-refractivity contribution is 0.241. The number of nitrogens with zero attached hydrogens (tertiary/aromatic N) is 2. The number of likely N-dealkylation sites (N-methyl/N-ethyl adjacent to an activating group) is 1. The van der Waals surface area contributed by atoms with Gasteiger partial charge in [0.2, 0.25) is 0 Å². The van der Waals surface area contributed by atoms with Crippen LogP contribution < -0.4 is 5.69 Å². The number of rotatable bonds is 5. The highest BCUT2D eigenvalue weighted by Crippen LogP contribution is 1.99. The van der Waals surface area contributed by atoms with E-state index in [2.05, 4.69) is 36.0 Å². The van der Waals surface area contributed by atoms with Crippen molar-refractivity contribution in [3.05, 3.63) is 15.3 Å². The molecule has 5 nitrogen and oxygen atoms in total. The van der Waals surface area contributed by atoms with Crippen molar-refractivity contribution in [2.24, 2.45) is 0 Å². The van der Waals surface area contributed by atoms with Crippen LogP contribution in [0.2, 0.25) is 0 Å². The normalized spacial score (nSPS) is 13.3. The second-order valence-corrected chi connectivity index (χ2v) is 4.14. The first kappa shape index (κ1) is 12.2. The van der Waals surface area contributed by atoms with Gasteiger partial charge in [0, 0.05) is 19.1 Å². The first-order valence-electron chi connectivity index (χ1n) is 5.14. The largest absolute Gasteiger partial charge is 0.342 e. The maximum atomic E-state index is 11.3. The van der Waals surface area contributed by atoms with E-state index in [1.54, 1.807) is 0 Å². The summed E-state index contributed by atoms with van der Waals surface area (Å²) in [6, 6.07) is 0.525. The zero-order valence-electron chi connectivity index (χ0n) is 9.41. The summed E-state index contributed by atoms with van der Waals surface area (Å²) < 4.78 is 1.99. The van der Waals surface area contributed by atoms with E-state index in [0.29, 0.717) is 17.4 Å². The Labute approximate surface area is 94.1 Å². The first-order chi connectivity index (χ1) is 7.06. The van der Waals surface area contributed by atoms with Gasteiger partial charge in [-0.05, 0) is 32.6 Å². The van der Waals surface area contributed by atoms with Crippen LogP contribution in [-0.2, 0) is 6.54 Å². The molecule has 0 aromatic carbocycles. The van der Waals surface area contributed by atoms with Gasteiger partial charge in [-0.1, -0.05) is 6.92 Å². The maximum Gasteiger partial charge on any atom is 0.342 e. The number of aromatic nitrogens is 3. The van der Waals surface area contributed by atoms with Crippen LogP contribution in [0.1, 0.15) is 20.3 Å². The summed E-state index contributed by atoms with van der Waals surface area (Å²) in [7, 11) is 2.05. The monoisotopic (exact) mass is 230 g/mol. The maximum absolute atomic E-state index is 11.3. The molecule has 0 fully saturated rings. The molecule has 0 bridgehead atoms. The molecule has 0 spiro atoms. The summed E-state index contributed by atoms with van der Waals surface area (Å²) in [6.07, 6.45) is 1.10. The molecule has 2 N–H and O–H groups in total. The fourth-order valence-corrected chi connectivity index (χ4v) is 1.55. The predicted octanol–water partition coefficient (Wildman–Crippen LogP) is 0.964. The summed E-state index contributed by atoms with van der Waals surface area (Å²) in [4.78, 5) is 13.5. The Hall–Kier alpha value is -0.880. The van der Waals surface area contributed by atoms with Gasteiger partial charge in [0.15, 0.2) is 4.77 Å². The van der Waals surface area contributed by atoms with Gasteiger partial charge in [0.05, 0.1) is 0 Å². The molecule has 0 saturated heterocycles. The molecule has 1 unspecified atom stereocenters. The van der Waals surface area contributed by atoms with E-state index >= 15 is 0 Å². The molecule has 0 aliphatic carbocycles. The van der Waals surface area contributed by atoms with E-state index in [9.17, 15) is 4.79 Å². The molecule has 1 aromatic heterocycles. The summed E-state index contributed by atoms with van der Waals surface area (Å²) in [5, 5.41) is 5.09. The van der Waals surface area contributed by atoms with Crippen LogP contribution in [0.3, 0.4) is 0 Å². The van der Waals surface area contributed by atoms with Crippen molar-refractivity contribution in [1.29, 1.82) is 0 Å². The molecule has 1 aromatic rings.